The van der Waals surface area contributed by atoms with Crippen LogP contribution in [0.1, 0.15) is 84.3 Å². The summed E-state index contributed by atoms with van der Waals surface area (Å²) < 4.78 is 27.6. The molecule has 0 atom stereocenters. The molecular formula is C37H53ClN4O6. The van der Waals surface area contributed by atoms with Gasteiger partial charge < -0.3 is 34.3 Å². The number of carbonyl (C=O) groups is 1. The Morgan fingerprint density at radius 1 is 0.750 bits per heavy atom. The Morgan fingerprint density at radius 3 is 1.62 bits per heavy atom. The fourth-order valence-corrected chi connectivity index (χ4v) is 4.76. The number of ether oxygens (including phenoxy) is 3. The Bertz CT molecular complexity index is 1440. The van der Waals surface area contributed by atoms with E-state index >= 15 is 0 Å². The minimum absolute atomic E-state index is 0. The Balaban J connectivity index is 0.000000340. The van der Waals surface area contributed by atoms with Crippen molar-refractivity contribution in [3.05, 3.63) is 71.8 Å². The lowest BCUT2D eigenvalue weighted by Gasteiger charge is -2.19. The van der Waals surface area contributed by atoms with Gasteiger partial charge in [0.1, 0.15) is 18.8 Å². The van der Waals surface area contributed by atoms with Crippen molar-refractivity contribution < 1.29 is 28.1 Å². The lowest BCUT2D eigenvalue weighted by molar-refractivity contribution is 0.0519. The molecule has 0 saturated heterocycles. The number of halogens is 1. The molecule has 0 spiro atoms. The highest BCUT2D eigenvalue weighted by molar-refractivity contribution is 5.85. The van der Waals surface area contributed by atoms with Crippen LogP contribution in [-0.2, 0) is 17.6 Å². The summed E-state index contributed by atoms with van der Waals surface area (Å²) in [6.07, 6.45) is 8.11. The van der Waals surface area contributed by atoms with Crippen LogP contribution in [0.4, 0.5) is 4.79 Å². The average Bonchev–Trinajstić information content (AvgIpc) is 3.66. The van der Waals surface area contributed by atoms with Crippen LogP contribution in [0, 0.1) is 0 Å². The molecule has 10 nitrogen and oxygen atoms in total. The molecule has 0 saturated carbocycles. The van der Waals surface area contributed by atoms with Gasteiger partial charge in [0.25, 0.3) is 11.8 Å². The van der Waals surface area contributed by atoms with Gasteiger partial charge in [0.2, 0.25) is 0 Å². The van der Waals surface area contributed by atoms with Gasteiger partial charge in [-0.3, -0.25) is 0 Å². The molecule has 48 heavy (non-hydrogen) atoms. The third kappa shape index (κ3) is 13.6. The maximum atomic E-state index is 11.7. The van der Waals surface area contributed by atoms with E-state index in [2.05, 4.69) is 29.5 Å². The number of carbonyl (C=O) groups excluding carboxylic acids is 1. The highest BCUT2D eigenvalue weighted by Crippen LogP contribution is 2.33. The van der Waals surface area contributed by atoms with E-state index < -0.39 is 11.7 Å². The van der Waals surface area contributed by atoms with Crippen molar-refractivity contribution in [3.63, 3.8) is 0 Å². The second-order valence-electron chi connectivity index (χ2n) is 12.2. The number of unbranched alkanes of at least 4 members (excludes halogenated alkanes) is 4. The zero-order valence-corrected chi connectivity index (χ0v) is 29.9. The zero-order valence-electron chi connectivity index (χ0n) is 29.1. The number of amides is 1. The molecular weight excluding hydrogens is 632 g/mol. The minimum atomic E-state index is -0.520. The van der Waals surface area contributed by atoms with Crippen LogP contribution in [0.3, 0.4) is 0 Å². The van der Waals surface area contributed by atoms with Gasteiger partial charge in [-0.25, -0.2) is 4.79 Å². The lowest BCUT2D eigenvalue weighted by atomic mass is 10.0. The predicted octanol–water partition coefficient (Wildman–Crippen LogP) is 8.81. The number of nitrogens with two attached hydrogens (primary N) is 1. The Morgan fingerprint density at radius 2 is 1.21 bits per heavy atom. The highest BCUT2D eigenvalue weighted by atomic mass is 35.5. The van der Waals surface area contributed by atoms with Crippen molar-refractivity contribution >= 4 is 18.5 Å². The van der Waals surface area contributed by atoms with Crippen molar-refractivity contribution in [1.29, 1.82) is 0 Å². The third-order valence-corrected chi connectivity index (χ3v) is 7.00. The smallest absolute Gasteiger partial charge is 0.407 e. The van der Waals surface area contributed by atoms with Gasteiger partial charge in [-0.05, 0) is 56.8 Å². The number of alkyl carbamates (subject to hydrolysis) is 1. The molecule has 0 aliphatic carbocycles. The van der Waals surface area contributed by atoms with Crippen LogP contribution in [0.25, 0.3) is 22.6 Å². The van der Waals surface area contributed by atoms with Crippen molar-refractivity contribution in [1.82, 2.24) is 15.6 Å². The largest absolute Gasteiger partial charge is 0.474 e. The van der Waals surface area contributed by atoms with Crippen LogP contribution in [-0.4, -0.2) is 48.3 Å². The first-order valence-corrected chi connectivity index (χ1v) is 16.8. The van der Waals surface area contributed by atoms with Gasteiger partial charge in [0.05, 0.1) is 17.7 Å². The number of rotatable bonds is 17. The van der Waals surface area contributed by atoms with Crippen molar-refractivity contribution in [3.8, 4) is 34.4 Å². The van der Waals surface area contributed by atoms with Crippen LogP contribution < -0.4 is 20.5 Å². The van der Waals surface area contributed by atoms with Crippen molar-refractivity contribution in [2.24, 2.45) is 5.73 Å². The summed E-state index contributed by atoms with van der Waals surface area (Å²) >= 11 is 0. The first kappa shape index (κ1) is 40.2. The van der Waals surface area contributed by atoms with Gasteiger partial charge in [-0.15, -0.1) is 12.4 Å². The number of benzene rings is 2. The van der Waals surface area contributed by atoms with Crippen molar-refractivity contribution in [2.45, 2.75) is 91.6 Å². The van der Waals surface area contributed by atoms with Crippen LogP contribution in [0.2, 0.25) is 0 Å². The number of nitrogens with one attached hydrogen (secondary N) is 1. The molecule has 0 aliphatic rings. The van der Waals surface area contributed by atoms with Crippen LogP contribution in [0.5, 0.6) is 11.8 Å². The number of hydrogen-bond acceptors (Lipinski definition) is 9. The van der Waals surface area contributed by atoms with E-state index in [0.29, 0.717) is 38.1 Å². The summed E-state index contributed by atoms with van der Waals surface area (Å²) in [5, 5.41) is 10.8. The topological polar surface area (TPSA) is 135 Å². The lowest BCUT2D eigenvalue weighted by Crippen LogP contribution is -2.34. The van der Waals surface area contributed by atoms with Crippen LogP contribution in [0.15, 0.2) is 69.7 Å². The molecule has 3 N–H and O–H groups in total. The SMILES string of the molecule is CCCCCc1c(OCCN)noc1-c1ccccc1.CCCCCc1c(OCCNC(=O)OC(C)(C)C)noc1-c1ccccc1.Cl. The Labute approximate surface area is 291 Å². The fourth-order valence-electron chi connectivity index (χ4n) is 4.76. The Kier molecular flexibility index (Phi) is 18.2. The molecule has 2 heterocycles. The van der Waals surface area contributed by atoms with Gasteiger partial charge in [0, 0.05) is 17.7 Å². The maximum absolute atomic E-state index is 11.7. The first-order valence-electron chi connectivity index (χ1n) is 16.8. The summed E-state index contributed by atoms with van der Waals surface area (Å²) in [4.78, 5) is 11.7. The van der Waals surface area contributed by atoms with E-state index in [4.69, 9.17) is 29.0 Å². The second-order valence-corrected chi connectivity index (χ2v) is 12.2. The Hall–Kier alpha value is -4.02. The molecule has 4 rings (SSSR count). The molecule has 11 heteroatoms. The summed E-state index contributed by atoms with van der Waals surface area (Å²) in [5.74, 6) is 2.65. The molecule has 2 aromatic carbocycles. The summed E-state index contributed by atoms with van der Waals surface area (Å²) in [6, 6.07) is 19.9. The molecule has 4 aromatic rings. The molecule has 0 bridgehead atoms. The summed E-state index contributed by atoms with van der Waals surface area (Å²) in [5.41, 5.74) is 9.02. The van der Waals surface area contributed by atoms with Gasteiger partial charge in [0.15, 0.2) is 11.5 Å². The van der Waals surface area contributed by atoms with E-state index in [1.807, 2.05) is 81.4 Å². The second kappa shape index (κ2) is 21.8. The quantitative estimate of drug-likeness (QED) is 0.105. The molecule has 0 radical (unpaired) electrons. The number of hydrogen-bond donors (Lipinski definition) is 2. The van der Waals surface area contributed by atoms with E-state index in [9.17, 15) is 4.79 Å². The zero-order chi connectivity index (χ0) is 33.9. The summed E-state index contributed by atoms with van der Waals surface area (Å²) in [7, 11) is 0. The average molecular weight is 685 g/mol. The highest BCUT2D eigenvalue weighted by Gasteiger charge is 2.20. The van der Waals surface area contributed by atoms with Gasteiger partial charge >= 0.3 is 6.09 Å². The summed E-state index contributed by atoms with van der Waals surface area (Å²) in [6.45, 7) is 11.4. The third-order valence-electron chi connectivity index (χ3n) is 7.00. The molecule has 0 unspecified atom stereocenters. The molecule has 1 amide bonds. The van der Waals surface area contributed by atoms with E-state index in [-0.39, 0.29) is 12.4 Å². The molecule has 2 aromatic heterocycles. The first-order chi connectivity index (χ1) is 22.8. The van der Waals surface area contributed by atoms with Crippen LogP contribution >= 0.6 is 12.4 Å². The van der Waals surface area contributed by atoms with E-state index in [0.717, 1.165) is 72.3 Å². The minimum Gasteiger partial charge on any atom is -0.474 e. The standard InChI is InChI=1S/C21H30N2O4.C16H22N2O2.ClH/c1-5-6-8-13-17-18(16-11-9-7-10-12-16)27-23-19(17)25-15-14-22-20(24)26-21(2,3)4;1-2-3-5-10-14-15(13-8-6-4-7-9-13)20-18-16(14)19-12-11-17;/h7,9-12H,5-6,8,13-15H2,1-4H3,(H,22,24);4,6-9H,2-3,5,10-12,17H2,1H3;1H. The van der Waals surface area contributed by atoms with Gasteiger partial charge in [-0.2, -0.15) is 0 Å². The maximum Gasteiger partial charge on any atom is 0.407 e. The number of aromatic nitrogens is 2. The van der Waals surface area contributed by atoms with E-state index in [1.165, 1.54) is 12.8 Å². The van der Waals surface area contributed by atoms with E-state index in [1.54, 1.807) is 0 Å². The predicted molar refractivity (Wildman–Crippen MR) is 192 cm³/mol. The normalized spacial score (nSPS) is 10.8. The molecule has 0 aliphatic heterocycles. The molecule has 0 fully saturated rings. The monoisotopic (exact) mass is 684 g/mol. The molecule has 264 valence electrons. The van der Waals surface area contributed by atoms with Crippen molar-refractivity contribution in [2.75, 3.05) is 26.3 Å². The van der Waals surface area contributed by atoms with Gasteiger partial charge in [-0.1, -0.05) is 100 Å². The number of nitrogens with zero attached hydrogens (tertiary/aromatic N) is 2. The fraction of sp³-hybridized carbons (Fsp3) is 0.486.